The quantitative estimate of drug-likeness (QED) is 0.903. The second-order valence-electron chi connectivity index (χ2n) is 5.23. The maximum atomic E-state index is 12.7. The van der Waals surface area contributed by atoms with Crippen LogP contribution in [0.15, 0.2) is 12.1 Å². The summed E-state index contributed by atoms with van der Waals surface area (Å²) in [6, 6.07) is 3.10. The van der Waals surface area contributed by atoms with Crippen LogP contribution in [0.2, 0.25) is 0 Å². The van der Waals surface area contributed by atoms with Crippen LogP contribution in [0.4, 0.5) is 0 Å². The number of hydrogen-bond acceptors (Lipinski definition) is 4. The molecule has 0 saturated carbocycles. The number of carbonyl (C=O) groups excluding carboxylic acids is 1. The Morgan fingerprint density at radius 1 is 1.38 bits per heavy atom. The van der Waals surface area contributed by atoms with Crippen LogP contribution in [0.5, 0.6) is 0 Å². The van der Waals surface area contributed by atoms with Gasteiger partial charge in [-0.15, -0.1) is 0 Å². The van der Waals surface area contributed by atoms with Gasteiger partial charge < -0.3 is 14.7 Å². The molecule has 0 radical (unpaired) electrons. The summed E-state index contributed by atoms with van der Waals surface area (Å²) >= 11 is 0. The van der Waals surface area contributed by atoms with Gasteiger partial charge in [-0.2, -0.15) is 0 Å². The topological polar surface area (TPSA) is 79.7 Å². The molecule has 1 fully saturated rings. The van der Waals surface area contributed by atoms with Crippen molar-refractivity contribution < 1.29 is 19.4 Å². The first-order chi connectivity index (χ1) is 9.95. The Hall–Kier alpha value is -1.95. The summed E-state index contributed by atoms with van der Waals surface area (Å²) in [4.78, 5) is 29.8. The fraction of sp³-hybridized carbons (Fsp3) is 0.533. The summed E-state index contributed by atoms with van der Waals surface area (Å²) in [5.74, 6) is -1.79. The number of carboxylic acids is 1. The molecule has 114 valence electrons. The molecule has 0 aromatic carbocycles. The van der Waals surface area contributed by atoms with Gasteiger partial charge in [-0.1, -0.05) is 0 Å². The number of aliphatic carboxylic acids is 1. The van der Waals surface area contributed by atoms with Gasteiger partial charge in [0.1, 0.15) is 5.92 Å². The van der Waals surface area contributed by atoms with E-state index in [9.17, 15) is 14.7 Å². The molecule has 1 aromatic rings. The molecule has 0 bridgehead atoms. The van der Waals surface area contributed by atoms with Crippen LogP contribution >= 0.6 is 0 Å². The number of carbonyl (C=O) groups is 2. The van der Waals surface area contributed by atoms with Crippen molar-refractivity contribution >= 4 is 11.9 Å². The Balaban J connectivity index is 2.28. The predicted molar refractivity (Wildman–Crippen MR) is 76.2 cm³/mol. The zero-order valence-electron chi connectivity index (χ0n) is 12.5. The van der Waals surface area contributed by atoms with Crippen molar-refractivity contribution in [3.63, 3.8) is 0 Å². The first-order valence-electron chi connectivity index (χ1n) is 7.01. The predicted octanol–water partition coefficient (Wildman–Crippen LogP) is 1.26. The maximum Gasteiger partial charge on any atom is 0.311 e. The van der Waals surface area contributed by atoms with E-state index in [0.29, 0.717) is 17.8 Å². The number of carboxylic acid groups (broad SMARTS) is 1. The fourth-order valence-electron chi connectivity index (χ4n) is 2.68. The van der Waals surface area contributed by atoms with Crippen molar-refractivity contribution in [1.29, 1.82) is 0 Å². The molecule has 1 aliphatic heterocycles. The number of hydrogen-bond donors (Lipinski definition) is 1. The molecular weight excluding hydrogens is 272 g/mol. The Kier molecular flexibility index (Phi) is 4.57. The van der Waals surface area contributed by atoms with Crippen LogP contribution < -0.4 is 0 Å². The normalized spacial score (nSPS) is 21.3. The highest BCUT2D eigenvalue weighted by atomic mass is 16.5. The summed E-state index contributed by atoms with van der Waals surface area (Å²) in [5, 5.41) is 9.24. The molecule has 1 saturated heterocycles. The van der Waals surface area contributed by atoms with E-state index in [4.69, 9.17) is 4.74 Å². The summed E-state index contributed by atoms with van der Waals surface area (Å²) in [6.45, 7) is 6.33. The molecule has 2 atom stereocenters. The smallest absolute Gasteiger partial charge is 0.311 e. The molecule has 1 N–H and O–H groups in total. The Morgan fingerprint density at radius 3 is 2.67 bits per heavy atom. The van der Waals surface area contributed by atoms with E-state index in [2.05, 4.69) is 4.98 Å². The molecular formula is C15H20N2O4. The molecule has 6 heteroatoms. The zero-order valence-corrected chi connectivity index (χ0v) is 12.5. The van der Waals surface area contributed by atoms with Gasteiger partial charge in [0, 0.05) is 12.2 Å². The Labute approximate surface area is 123 Å². The lowest BCUT2D eigenvalue weighted by atomic mass is 10.0. The number of aryl methyl sites for hydroxylation is 2. The number of nitrogens with zero attached hydrogens (tertiary/aromatic N) is 2. The van der Waals surface area contributed by atoms with Crippen molar-refractivity contribution in [2.24, 2.45) is 5.92 Å². The van der Waals surface area contributed by atoms with E-state index in [1.54, 1.807) is 24.0 Å². The summed E-state index contributed by atoms with van der Waals surface area (Å²) in [6.07, 6.45) is 0. The Morgan fingerprint density at radius 2 is 2.10 bits per heavy atom. The molecule has 21 heavy (non-hydrogen) atoms. The van der Waals surface area contributed by atoms with Gasteiger partial charge in [0.05, 0.1) is 30.5 Å². The lowest BCUT2D eigenvalue weighted by molar-refractivity contribution is -0.142. The standard InChI is InChI=1S/C15H20N2O4/c1-4-17(13-8-21-7-12(13)15(19)20)14(18)11-6-5-9(2)16-10(11)3/h5-6,12-13H,4,7-8H2,1-3H3,(H,19,20). The highest BCUT2D eigenvalue weighted by molar-refractivity contribution is 5.95. The highest BCUT2D eigenvalue weighted by Gasteiger charge is 2.39. The Bertz CT molecular complexity index is 559. The van der Waals surface area contributed by atoms with E-state index in [0.717, 1.165) is 5.69 Å². The third kappa shape index (κ3) is 3.05. The first kappa shape index (κ1) is 15.4. The van der Waals surface area contributed by atoms with Crippen LogP contribution in [0.25, 0.3) is 0 Å². The van der Waals surface area contributed by atoms with Crippen molar-refractivity contribution in [3.8, 4) is 0 Å². The van der Waals surface area contributed by atoms with Gasteiger partial charge in [0.25, 0.3) is 5.91 Å². The summed E-state index contributed by atoms with van der Waals surface area (Å²) < 4.78 is 5.26. The molecule has 2 rings (SSSR count). The minimum Gasteiger partial charge on any atom is -0.481 e. The van der Waals surface area contributed by atoms with E-state index in [1.165, 1.54) is 0 Å². The fourth-order valence-corrected chi connectivity index (χ4v) is 2.68. The number of amides is 1. The molecule has 1 aromatic heterocycles. The molecule has 0 spiro atoms. The largest absolute Gasteiger partial charge is 0.481 e. The molecule has 2 heterocycles. The van der Waals surface area contributed by atoms with Crippen molar-refractivity contribution in [1.82, 2.24) is 9.88 Å². The second kappa shape index (κ2) is 6.22. The maximum absolute atomic E-state index is 12.7. The van der Waals surface area contributed by atoms with Gasteiger partial charge in [0.15, 0.2) is 0 Å². The van der Waals surface area contributed by atoms with Gasteiger partial charge in [0.2, 0.25) is 0 Å². The van der Waals surface area contributed by atoms with Crippen molar-refractivity contribution in [2.45, 2.75) is 26.8 Å². The van der Waals surface area contributed by atoms with Crippen LogP contribution in [0, 0.1) is 19.8 Å². The van der Waals surface area contributed by atoms with Crippen molar-refractivity contribution in [2.75, 3.05) is 19.8 Å². The highest BCUT2D eigenvalue weighted by Crippen LogP contribution is 2.22. The first-order valence-corrected chi connectivity index (χ1v) is 7.01. The number of aromatic nitrogens is 1. The monoisotopic (exact) mass is 292 g/mol. The van der Waals surface area contributed by atoms with Crippen LogP contribution in [0.1, 0.15) is 28.7 Å². The van der Waals surface area contributed by atoms with E-state index in [1.807, 2.05) is 13.8 Å². The van der Waals surface area contributed by atoms with Gasteiger partial charge in [-0.25, -0.2) is 0 Å². The number of ether oxygens (including phenoxy) is 1. The van der Waals surface area contributed by atoms with E-state index < -0.39 is 17.9 Å². The third-order valence-electron chi connectivity index (χ3n) is 3.83. The average Bonchev–Trinajstić information content (AvgIpc) is 2.88. The minimum atomic E-state index is -0.928. The van der Waals surface area contributed by atoms with Gasteiger partial charge in [-0.05, 0) is 32.9 Å². The van der Waals surface area contributed by atoms with Gasteiger partial charge in [-0.3, -0.25) is 14.6 Å². The van der Waals surface area contributed by atoms with Crippen LogP contribution in [0.3, 0.4) is 0 Å². The lowest BCUT2D eigenvalue weighted by Gasteiger charge is -2.29. The molecule has 1 aliphatic rings. The molecule has 6 nitrogen and oxygen atoms in total. The SMILES string of the molecule is CCN(C(=O)c1ccc(C)nc1C)C1COCC1C(=O)O. The summed E-state index contributed by atoms with van der Waals surface area (Å²) in [5.41, 5.74) is 2.02. The van der Waals surface area contributed by atoms with Gasteiger partial charge >= 0.3 is 5.97 Å². The molecule has 0 aliphatic carbocycles. The summed E-state index contributed by atoms with van der Waals surface area (Å²) in [7, 11) is 0. The van der Waals surface area contributed by atoms with E-state index in [-0.39, 0.29) is 19.1 Å². The minimum absolute atomic E-state index is 0.148. The molecule has 1 amide bonds. The van der Waals surface area contributed by atoms with E-state index >= 15 is 0 Å². The second-order valence-corrected chi connectivity index (χ2v) is 5.23. The third-order valence-corrected chi connectivity index (χ3v) is 3.83. The molecule has 2 unspecified atom stereocenters. The number of rotatable bonds is 4. The van der Waals surface area contributed by atoms with Crippen LogP contribution in [-0.2, 0) is 9.53 Å². The lowest BCUT2D eigenvalue weighted by Crippen LogP contribution is -2.46. The average molecular weight is 292 g/mol. The van der Waals surface area contributed by atoms with Crippen molar-refractivity contribution in [3.05, 3.63) is 29.1 Å². The number of likely N-dealkylation sites (N-methyl/N-ethyl adjacent to an activating group) is 1. The number of pyridine rings is 1. The van der Waals surface area contributed by atoms with Crippen LogP contribution in [-0.4, -0.2) is 52.7 Å². The zero-order chi connectivity index (χ0) is 15.6.